The van der Waals surface area contributed by atoms with E-state index in [2.05, 4.69) is 38.1 Å². The predicted molar refractivity (Wildman–Crippen MR) is 88.1 cm³/mol. The third kappa shape index (κ3) is 2.07. The van der Waals surface area contributed by atoms with Crippen LogP contribution >= 0.6 is 0 Å². The summed E-state index contributed by atoms with van der Waals surface area (Å²) in [5, 5.41) is 2.34. The van der Waals surface area contributed by atoms with Crippen molar-refractivity contribution < 1.29 is 9.21 Å². The summed E-state index contributed by atoms with van der Waals surface area (Å²) in [5.41, 5.74) is 1.80. The van der Waals surface area contributed by atoms with Crippen molar-refractivity contribution in [3.8, 4) is 11.3 Å². The number of carbonyl (C=O) groups is 1. The van der Waals surface area contributed by atoms with Crippen LogP contribution in [0.3, 0.4) is 0 Å². The average Bonchev–Trinajstić information content (AvgIpc) is 2.89. The van der Waals surface area contributed by atoms with Gasteiger partial charge in [-0.3, -0.25) is 4.79 Å². The number of carbonyl (C=O) groups excluding carboxylic acids is 1. The maximum Gasteiger partial charge on any atom is 0.166 e. The highest BCUT2D eigenvalue weighted by Gasteiger charge is 2.34. The Hall–Kier alpha value is -2.35. The third-order valence-corrected chi connectivity index (χ3v) is 4.44. The molecule has 2 aromatic carbocycles. The van der Waals surface area contributed by atoms with Gasteiger partial charge in [-0.1, -0.05) is 56.3 Å². The summed E-state index contributed by atoms with van der Waals surface area (Å²) in [5.74, 6) is 1.83. The number of ketones is 1. The summed E-state index contributed by atoms with van der Waals surface area (Å²) >= 11 is 0. The van der Waals surface area contributed by atoms with Crippen LogP contribution in [-0.2, 0) is 6.42 Å². The van der Waals surface area contributed by atoms with Gasteiger partial charge >= 0.3 is 0 Å². The monoisotopic (exact) mass is 290 g/mol. The van der Waals surface area contributed by atoms with Crippen LogP contribution < -0.4 is 0 Å². The maximum absolute atomic E-state index is 12.3. The van der Waals surface area contributed by atoms with Gasteiger partial charge in [0, 0.05) is 18.4 Å². The summed E-state index contributed by atoms with van der Waals surface area (Å²) in [6.45, 7) is 4.24. The molecule has 0 saturated carbocycles. The van der Waals surface area contributed by atoms with E-state index >= 15 is 0 Å². The highest BCUT2D eigenvalue weighted by molar-refractivity contribution is 6.01. The minimum atomic E-state index is -0.0159. The Morgan fingerprint density at radius 3 is 2.59 bits per heavy atom. The summed E-state index contributed by atoms with van der Waals surface area (Å²) < 4.78 is 6.09. The van der Waals surface area contributed by atoms with Crippen LogP contribution in [0.5, 0.6) is 0 Å². The molecule has 110 valence electrons. The molecule has 0 saturated heterocycles. The molecule has 0 atom stereocenters. The normalized spacial score (nSPS) is 16.7. The highest BCUT2D eigenvalue weighted by Crippen LogP contribution is 2.39. The molecule has 2 nitrogen and oxygen atoms in total. The van der Waals surface area contributed by atoms with Gasteiger partial charge in [-0.05, 0) is 22.3 Å². The Kier molecular flexibility index (Phi) is 2.77. The molecule has 22 heavy (non-hydrogen) atoms. The van der Waals surface area contributed by atoms with E-state index in [4.69, 9.17) is 4.42 Å². The molecule has 0 amide bonds. The second-order valence-electron chi connectivity index (χ2n) is 6.92. The first-order chi connectivity index (χ1) is 10.5. The molecule has 0 N–H and O–H groups in total. The maximum atomic E-state index is 12.3. The zero-order chi connectivity index (χ0) is 15.3. The fourth-order valence-electron chi connectivity index (χ4n) is 3.40. The lowest BCUT2D eigenvalue weighted by molar-refractivity contribution is 0.0904. The third-order valence-electron chi connectivity index (χ3n) is 4.44. The van der Waals surface area contributed by atoms with Crippen molar-refractivity contribution in [1.29, 1.82) is 0 Å². The van der Waals surface area contributed by atoms with Crippen LogP contribution in [0.15, 0.2) is 52.9 Å². The van der Waals surface area contributed by atoms with Crippen molar-refractivity contribution in [1.82, 2.24) is 0 Å². The van der Waals surface area contributed by atoms with Gasteiger partial charge in [0.05, 0.1) is 5.56 Å². The van der Waals surface area contributed by atoms with Gasteiger partial charge in [0.25, 0.3) is 0 Å². The fraction of sp³-hybridized carbons (Fsp3) is 0.250. The van der Waals surface area contributed by atoms with E-state index in [1.54, 1.807) is 0 Å². The number of hydrogen-bond donors (Lipinski definition) is 0. The standard InChI is InChI=1S/C20H18O2/c1-20(2)11-17(21)16-10-18(22-19(16)12-20)15-9-5-7-13-6-3-4-8-14(13)15/h3-10H,11-12H2,1-2H3. The Labute approximate surface area is 129 Å². The number of fused-ring (bicyclic) bond motifs is 2. The van der Waals surface area contributed by atoms with Crippen molar-refractivity contribution in [3.05, 3.63) is 59.9 Å². The predicted octanol–water partition coefficient (Wildman–Crippen LogP) is 5.25. The zero-order valence-corrected chi connectivity index (χ0v) is 12.8. The first-order valence-corrected chi connectivity index (χ1v) is 7.68. The Morgan fingerprint density at radius 2 is 1.73 bits per heavy atom. The molecule has 0 spiro atoms. The molecule has 4 rings (SSSR count). The first kappa shape index (κ1) is 13.3. The lowest BCUT2D eigenvalue weighted by Crippen LogP contribution is -2.25. The van der Waals surface area contributed by atoms with Crippen molar-refractivity contribution in [2.45, 2.75) is 26.7 Å². The van der Waals surface area contributed by atoms with Gasteiger partial charge in [-0.2, -0.15) is 0 Å². The fourth-order valence-corrected chi connectivity index (χ4v) is 3.40. The average molecular weight is 290 g/mol. The van der Waals surface area contributed by atoms with Crippen molar-refractivity contribution in [2.75, 3.05) is 0 Å². The van der Waals surface area contributed by atoms with Crippen LogP contribution in [0.4, 0.5) is 0 Å². The minimum Gasteiger partial charge on any atom is -0.460 e. The van der Waals surface area contributed by atoms with Gasteiger partial charge in [0.15, 0.2) is 5.78 Å². The molecular formula is C20H18O2. The summed E-state index contributed by atoms with van der Waals surface area (Å²) in [7, 11) is 0. The molecule has 0 radical (unpaired) electrons. The van der Waals surface area contributed by atoms with E-state index < -0.39 is 0 Å². The van der Waals surface area contributed by atoms with Crippen LogP contribution in [0.2, 0.25) is 0 Å². The summed E-state index contributed by atoms with van der Waals surface area (Å²) in [4.78, 5) is 12.3. The van der Waals surface area contributed by atoms with E-state index in [-0.39, 0.29) is 11.2 Å². The first-order valence-electron chi connectivity index (χ1n) is 7.68. The molecule has 1 aliphatic rings. The second-order valence-corrected chi connectivity index (χ2v) is 6.92. The van der Waals surface area contributed by atoms with E-state index in [1.807, 2.05) is 24.3 Å². The van der Waals surface area contributed by atoms with Gasteiger partial charge < -0.3 is 4.42 Å². The second kappa shape index (κ2) is 4.57. The molecule has 0 fully saturated rings. The smallest absolute Gasteiger partial charge is 0.166 e. The Balaban J connectivity index is 1.89. The molecule has 1 aliphatic carbocycles. The Bertz CT molecular complexity index is 878. The lowest BCUT2D eigenvalue weighted by atomic mass is 9.76. The molecule has 0 aliphatic heterocycles. The molecular weight excluding hydrogens is 272 g/mol. The van der Waals surface area contributed by atoms with Crippen molar-refractivity contribution >= 4 is 16.6 Å². The number of hydrogen-bond acceptors (Lipinski definition) is 2. The minimum absolute atomic E-state index is 0.0159. The number of furan rings is 1. The van der Waals surface area contributed by atoms with E-state index in [1.165, 1.54) is 5.39 Å². The van der Waals surface area contributed by atoms with Gasteiger partial charge in [-0.15, -0.1) is 0 Å². The molecule has 1 heterocycles. The van der Waals surface area contributed by atoms with E-state index in [9.17, 15) is 4.79 Å². The SMILES string of the molecule is CC1(C)CC(=O)c2cc(-c3cccc4ccccc34)oc2C1. The van der Waals surface area contributed by atoms with Crippen molar-refractivity contribution in [2.24, 2.45) is 5.41 Å². The van der Waals surface area contributed by atoms with Crippen LogP contribution in [0, 0.1) is 5.41 Å². The van der Waals surface area contributed by atoms with Gasteiger partial charge in [-0.25, -0.2) is 0 Å². The molecule has 1 aromatic heterocycles. The van der Waals surface area contributed by atoms with Crippen LogP contribution in [0.25, 0.3) is 22.1 Å². The lowest BCUT2D eigenvalue weighted by Gasteiger charge is -2.26. The highest BCUT2D eigenvalue weighted by atomic mass is 16.3. The van der Waals surface area contributed by atoms with E-state index in [0.717, 1.165) is 34.5 Å². The van der Waals surface area contributed by atoms with Crippen molar-refractivity contribution in [3.63, 3.8) is 0 Å². The summed E-state index contributed by atoms with van der Waals surface area (Å²) in [6, 6.07) is 16.4. The topological polar surface area (TPSA) is 30.2 Å². The molecule has 3 aromatic rings. The molecule has 2 heteroatoms. The molecule has 0 bridgehead atoms. The van der Waals surface area contributed by atoms with E-state index in [0.29, 0.717) is 6.42 Å². The van der Waals surface area contributed by atoms with Crippen LogP contribution in [0.1, 0.15) is 36.4 Å². The van der Waals surface area contributed by atoms with Gasteiger partial charge in [0.2, 0.25) is 0 Å². The van der Waals surface area contributed by atoms with Crippen LogP contribution in [-0.4, -0.2) is 5.78 Å². The zero-order valence-electron chi connectivity index (χ0n) is 12.8. The number of Topliss-reactive ketones (excluding diaryl/α,β-unsaturated/α-hetero) is 1. The number of benzene rings is 2. The number of rotatable bonds is 1. The van der Waals surface area contributed by atoms with Gasteiger partial charge in [0.1, 0.15) is 11.5 Å². The summed E-state index contributed by atoms with van der Waals surface area (Å²) in [6.07, 6.45) is 1.41. The largest absolute Gasteiger partial charge is 0.460 e. The quantitative estimate of drug-likeness (QED) is 0.612. The molecule has 0 unspecified atom stereocenters. The Morgan fingerprint density at radius 1 is 0.955 bits per heavy atom.